The minimum atomic E-state index is -0.0688. The van der Waals surface area contributed by atoms with Crippen LogP contribution in [0.25, 0.3) is 0 Å². The number of hydrogen-bond acceptors (Lipinski definition) is 3. The van der Waals surface area contributed by atoms with Crippen molar-refractivity contribution in [2.75, 3.05) is 11.9 Å². The number of aromatic nitrogens is 1. The van der Waals surface area contributed by atoms with Crippen LogP contribution in [0.1, 0.15) is 12.8 Å². The molecular weight excluding hydrogens is 214 g/mol. The molecule has 80 valence electrons. The molecule has 4 nitrogen and oxygen atoms in total. The molecule has 2 N–H and O–H groups in total. The van der Waals surface area contributed by atoms with E-state index >= 15 is 0 Å². The minimum absolute atomic E-state index is 0.00313. The third kappa shape index (κ3) is 2.67. The number of halogens is 1. The van der Waals surface area contributed by atoms with Crippen LogP contribution < -0.4 is 10.6 Å². The van der Waals surface area contributed by atoms with Crippen molar-refractivity contribution >= 4 is 23.2 Å². The van der Waals surface area contributed by atoms with Crippen LogP contribution in [0.15, 0.2) is 18.3 Å². The molecular formula is C10H12ClN3O. The van der Waals surface area contributed by atoms with Crippen LogP contribution in [0.3, 0.4) is 0 Å². The first-order chi connectivity index (χ1) is 7.25. The number of hydrogen-bond donors (Lipinski definition) is 2. The van der Waals surface area contributed by atoms with Gasteiger partial charge in [0.15, 0.2) is 0 Å². The zero-order valence-electron chi connectivity index (χ0n) is 8.16. The van der Waals surface area contributed by atoms with Gasteiger partial charge in [0.05, 0.1) is 17.9 Å². The van der Waals surface area contributed by atoms with Crippen molar-refractivity contribution in [3.8, 4) is 0 Å². The molecule has 2 heterocycles. The van der Waals surface area contributed by atoms with Gasteiger partial charge in [-0.2, -0.15) is 0 Å². The van der Waals surface area contributed by atoms with Gasteiger partial charge in [-0.15, -0.1) is 0 Å². The number of anilines is 1. The van der Waals surface area contributed by atoms with Crippen LogP contribution in [-0.4, -0.2) is 23.5 Å². The maximum atomic E-state index is 11.7. The normalized spacial score (nSPS) is 20.2. The maximum Gasteiger partial charge on any atom is 0.241 e. The zero-order valence-corrected chi connectivity index (χ0v) is 8.92. The smallest absolute Gasteiger partial charge is 0.241 e. The Morgan fingerprint density at radius 2 is 2.47 bits per heavy atom. The average molecular weight is 226 g/mol. The Hall–Kier alpha value is -1.13. The van der Waals surface area contributed by atoms with E-state index in [1.165, 1.54) is 0 Å². The summed E-state index contributed by atoms with van der Waals surface area (Å²) in [4.78, 5) is 15.6. The molecule has 1 unspecified atom stereocenters. The molecule has 1 saturated heterocycles. The Kier molecular flexibility index (Phi) is 3.18. The summed E-state index contributed by atoms with van der Waals surface area (Å²) in [5, 5.41) is 6.34. The number of rotatable bonds is 2. The summed E-state index contributed by atoms with van der Waals surface area (Å²) >= 11 is 5.64. The van der Waals surface area contributed by atoms with Crippen LogP contribution in [-0.2, 0) is 4.79 Å². The Bertz CT molecular complexity index is 346. The molecule has 1 aliphatic heterocycles. The van der Waals surface area contributed by atoms with Crippen LogP contribution in [0, 0.1) is 0 Å². The number of carbonyl (C=O) groups excluding carboxylic acids is 1. The van der Waals surface area contributed by atoms with E-state index in [4.69, 9.17) is 11.6 Å². The summed E-state index contributed by atoms with van der Waals surface area (Å²) in [7, 11) is 0. The Morgan fingerprint density at radius 3 is 3.07 bits per heavy atom. The number of nitrogens with zero attached hydrogens (tertiary/aromatic N) is 1. The lowest BCUT2D eigenvalue weighted by molar-refractivity contribution is -0.117. The SMILES string of the molecule is O=C(Nc1ccc(Cl)nc1)C1CCCN1. The van der Waals surface area contributed by atoms with Crippen molar-refractivity contribution in [3.05, 3.63) is 23.5 Å². The molecule has 1 fully saturated rings. The summed E-state index contributed by atoms with van der Waals surface area (Å²) in [6, 6.07) is 3.32. The zero-order chi connectivity index (χ0) is 10.7. The van der Waals surface area contributed by atoms with Gasteiger partial charge in [-0.1, -0.05) is 11.6 Å². The lowest BCUT2D eigenvalue weighted by atomic mass is 10.2. The second-order valence-corrected chi connectivity index (χ2v) is 3.90. The van der Waals surface area contributed by atoms with E-state index in [9.17, 15) is 4.79 Å². The van der Waals surface area contributed by atoms with Gasteiger partial charge >= 0.3 is 0 Å². The van der Waals surface area contributed by atoms with Gasteiger partial charge in [0.1, 0.15) is 5.15 Å². The Labute approximate surface area is 93.0 Å². The second-order valence-electron chi connectivity index (χ2n) is 3.51. The Balaban J connectivity index is 1.96. The molecule has 0 radical (unpaired) electrons. The predicted molar refractivity (Wildman–Crippen MR) is 58.9 cm³/mol. The first-order valence-electron chi connectivity index (χ1n) is 4.91. The highest BCUT2D eigenvalue weighted by Crippen LogP contribution is 2.12. The van der Waals surface area contributed by atoms with Crippen molar-refractivity contribution in [1.82, 2.24) is 10.3 Å². The van der Waals surface area contributed by atoms with Gasteiger partial charge in [-0.05, 0) is 31.5 Å². The van der Waals surface area contributed by atoms with Gasteiger partial charge in [-0.25, -0.2) is 4.98 Å². The molecule has 1 atom stereocenters. The summed E-state index contributed by atoms with van der Waals surface area (Å²) in [5.41, 5.74) is 0.679. The summed E-state index contributed by atoms with van der Waals surface area (Å²) in [5.74, 6) is -0.00313. The van der Waals surface area contributed by atoms with E-state index < -0.39 is 0 Å². The van der Waals surface area contributed by atoms with E-state index in [0.717, 1.165) is 19.4 Å². The monoisotopic (exact) mass is 225 g/mol. The van der Waals surface area contributed by atoms with E-state index in [2.05, 4.69) is 15.6 Å². The minimum Gasteiger partial charge on any atom is -0.323 e. The lowest BCUT2D eigenvalue weighted by Gasteiger charge is -2.10. The van der Waals surface area contributed by atoms with Crippen LogP contribution in [0.2, 0.25) is 5.15 Å². The molecule has 0 spiro atoms. The lowest BCUT2D eigenvalue weighted by Crippen LogP contribution is -2.35. The molecule has 2 rings (SSSR count). The van der Waals surface area contributed by atoms with Gasteiger partial charge in [0, 0.05) is 0 Å². The summed E-state index contributed by atoms with van der Waals surface area (Å²) in [6.45, 7) is 0.914. The molecule has 0 bridgehead atoms. The third-order valence-corrected chi connectivity index (χ3v) is 2.60. The van der Waals surface area contributed by atoms with Crippen molar-refractivity contribution < 1.29 is 4.79 Å². The van der Waals surface area contributed by atoms with Crippen molar-refractivity contribution in [2.24, 2.45) is 0 Å². The standard InChI is InChI=1S/C10H12ClN3O/c11-9-4-3-7(6-13-9)14-10(15)8-2-1-5-12-8/h3-4,6,8,12H,1-2,5H2,(H,14,15). The van der Waals surface area contributed by atoms with Crippen LogP contribution in [0.4, 0.5) is 5.69 Å². The fourth-order valence-electron chi connectivity index (χ4n) is 1.59. The fourth-order valence-corrected chi connectivity index (χ4v) is 1.70. The van der Waals surface area contributed by atoms with Crippen LogP contribution >= 0.6 is 11.6 Å². The highest BCUT2D eigenvalue weighted by Gasteiger charge is 2.21. The predicted octanol–water partition coefficient (Wildman–Crippen LogP) is 1.43. The van der Waals surface area contributed by atoms with Crippen LogP contribution in [0.5, 0.6) is 0 Å². The molecule has 15 heavy (non-hydrogen) atoms. The fraction of sp³-hybridized carbons (Fsp3) is 0.400. The molecule has 0 aromatic carbocycles. The first kappa shape index (κ1) is 10.4. The molecule has 1 aromatic rings. The van der Waals surface area contributed by atoms with E-state index in [-0.39, 0.29) is 11.9 Å². The summed E-state index contributed by atoms with van der Waals surface area (Å²) < 4.78 is 0. The molecule has 1 aromatic heterocycles. The molecule has 0 aliphatic carbocycles. The quantitative estimate of drug-likeness (QED) is 0.749. The number of carbonyl (C=O) groups is 1. The van der Waals surface area contributed by atoms with Crippen molar-refractivity contribution in [3.63, 3.8) is 0 Å². The maximum absolute atomic E-state index is 11.7. The highest BCUT2D eigenvalue weighted by molar-refractivity contribution is 6.29. The summed E-state index contributed by atoms with van der Waals surface area (Å²) in [6.07, 6.45) is 3.50. The topological polar surface area (TPSA) is 54.0 Å². The molecule has 1 amide bonds. The third-order valence-electron chi connectivity index (χ3n) is 2.37. The van der Waals surface area contributed by atoms with E-state index in [1.54, 1.807) is 18.3 Å². The second kappa shape index (κ2) is 4.59. The number of pyridine rings is 1. The molecule has 0 saturated carbocycles. The van der Waals surface area contributed by atoms with Crippen molar-refractivity contribution in [2.45, 2.75) is 18.9 Å². The average Bonchev–Trinajstić information content (AvgIpc) is 2.74. The highest BCUT2D eigenvalue weighted by atomic mass is 35.5. The van der Waals surface area contributed by atoms with E-state index in [1.807, 2.05) is 0 Å². The van der Waals surface area contributed by atoms with Gasteiger partial charge in [-0.3, -0.25) is 4.79 Å². The Morgan fingerprint density at radius 1 is 1.60 bits per heavy atom. The largest absolute Gasteiger partial charge is 0.323 e. The van der Waals surface area contributed by atoms with Gasteiger partial charge < -0.3 is 10.6 Å². The molecule has 1 aliphatic rings. The number of nitrogens with one attached hydrogen (secondary N) is 2. The van der Waals surface area contributed by atoms with Gasteiger partial charge in [0.2, 0.25) is 5.91 Å². The first-order valence-corrected chi connectivity index (χ1v) is 5.29. The van der Waals surface area contributed by atoms with Crippen molar-refractivity contribution in [1.29, 1.82) is 0 Å². The van der Waals surface area contributed by atoms with E-state index in [0.29, 0.717) is 10.8 Å². The number of amides is 1. The molecule has 5 heteroatoms. The van der Waals surface area contributed by atoms with Gasteiger partial charge in [0.25, 0.3) is 0 Å².